The van der Waals surface area contributed by atoms with Crippen LogP contribution in [0, 0.1) is 34.5 Å². The van der Waals surface area contributed by atoms with Crippen molar-refractivity contribution in [3.63, 3.8) is 0 Å². The van der Waals surface area contributed by atoms with Crippen LogP contribution in [-0.2, 0) is 42.6 Å². The predicted molar refractivity (Wildman–Crippen MR) is 244 cm³/mol. The van der Waals surface area contributed by atoms with Gasteiger partial charge in [-0.2, -0.15) is 0 Å². The van der Waals surface area contributed by atoms with Crippen LogP contribution in [0.2, 0.25) is 0 Å². The van der Waals surface area contributed by atoms with E-state index >= 15 is 0 Å². The summed E-state index contributed by atoms with van der Waals surface area (Å²) in [6, 6.07) is 0. The van der Waals surface area contributed by atoms with Crippen molar-refractivity contribution in [1.29, 1.82) is 0 Å². The minimum absolute atomic E-state index is 0.0216. The van der Waals surface area contributed by atoms with Crippen molar-refractivity contribution < 1.29 is 109 Å². The SMILES string of the molecule is CC1=C(CC[C@@H](C)CO[C@@H]2O[C@H](CO)[C@@H](O)[C@H](O)[C@H]2O)O[C@H]2C[C@H]3[C@@H]4CC=C5C[C@@H](O[C@@H]6O[C@H](CO)[C@@H](O[C@@H]7OC[C@H](O)[C@H](O)[C@H]7O)[C@H](O)[C@H]6O[C@@H]6O[C@@H](C)[C@H](O)[C@@H](O)[C@H]6O)CC[C@]5(C)[C@H]4CC[C@]3(C)[C@@]12O. The monoisotopic (exact) mass is 1030 g/mol. The van der Waals surface area contributed by atoms with E-state index in [0.29, 0.717) is 38.0 Å². The number of fused-ring (bicyclic) bond motifs is 7. The Balaban J connectivity index is 0.858. The number of aliphatic hydroxyl groups is 13. The lowest BCUT2D eigenvalue weighted by Crippen LogP contribution is -2.66. The summed E-state index contributed by atoms with van der Waals surface area (Å²) in [5.74, 6) is 1.55. The molecule has 5 heterocycles. The predicted octanol–water partition coefficient (Wildman–Crippen LogP) is -2.30. The molecule has 0 unspecified atom stereocenters. The van der Waals surface area contributed by atoms with Crippen LogP contribution in [-0.4, -0.2) is 227 Å². The average Bonchev–Trinajstić information content (AvgIpc) is 3.75. The van der Waals surface area contributed by atoms with Crippen molar-refractivity contribution in [3.05, 3.63) is 23.0 Å². The molecular formula is C50H80O22. The molecule has 4 saturated heterocycles. The maximum Gasteiger partial charge on any atom is 0.187 e. The second-order valence-electron chi connectivity index (χ2n) is 22.9. The minimum atomic E-state index is -1.75. The lowest BCUT2D eigenvalue weighted by atomic mass is 9.46. The van der Waals surface area contributed by atoms with E-state index < -0.39 is 160 Å². The Kier molecular flexibility index (Phi) is 16.4. The van der Waals surface area contributed by atoms with Crippen LogP contribution in [0.4, 0.5) is 0 Å². The third-order valence-electron chi connectivity index (χ3n) is 18.8. The lowest BCUT2D eigenvalue weighted by molar-refractivity contribution is -0.385. The molecule has 412 valence electrons. The van der Waals surface area contributed by atoms with Crippen LogP contribution < -0.4 is 0 Å². The van der Waals surface area contributed by atoms with Gasteiger partial charge in [-0.3, -0.25) is 0 Å². The van der Waals surface area contributed by atoms with Crippen molar-refractivity contribution in [2.24, 2.45) is 34.5 Å². The first-order valence-corrected chi connectivity index (χ1v) is 26.0. The van der Waals surface area contributed by atoms with Crippen molar-refractivity contribution >= 4 is 0 Å². The molecular weight excluding hydrogens is 953 g/mol. The number of allylic oxidation sites excluding steroid dienone is 2. The maximum absolute atomic E-state index is 12.8. The van der Waals surface area contributed by atoms with Crippen LogP contribution in [0.1, 0.15) is 92.4 Å². The van der Waals surface area contributed by atoms with Crippen LogP contribution in [0.3, 0.4) is 0 Å². The molecule has 0 bridgehead atoms. The van der Waals surface area contributed by atoms with Gasteiger partial charge in [0.05, 0.1) is 44.4 Å². The largest absolute Gasteiger partial charge is 0.491 e. The van der Waals surface area contributed by atoms with E-state index in [0.717, 1.165) is 37.0 Å². The Morgan fingerprint density at radius 2 is 1.38 bits per heavy atom. The number of aliphatic hydroxyl groups excluding tert-OH is 12. The quantitative estimate of drug-likeness (QED) is 0.0814. The highest BCUT2D eigenvalue weighted by molar-refractivity contribution is 5.37. The highest BCUT2D eigenvalue weighted by atomic mass is 16.8. The Morgan fingerprint density at radius 3 is 2.10 bits per heavy atom. The van der Waals surface area contributed by atoms with Gasteiger partial charge in [-0.15, -0.1) is 0 Å². The van der Waals surface area contributed by atoms with Crippen molar-refractivity contribution in [3.8, 4) is 0 Å². The minimum Gasteiger partial charge on any atom is -0.491 e. The fourth-order valence-corrected chi connectivity index (χ4v) is 14.2. The van der Waals surface area contributed by atoms with Crippen LogP contribution in [0.25, 0.3) is 0 Å². The summed E-state index contributed by atoms with van der Waals surface area (Å²) in [4.78, 5) is 0. The molecule has 0 aromatic carbocycles. The zero-order chi connectivity index (χ0) is 51.9. The zero-order valence-electron chi connectivity index (χ0n) is 41.7. The van der Waals surface area contributed by atoms with Gasteiger partial charge < -0.3 is 109 Å². The second kappa shape index (κ2) is 21.3. The van der Waals surface area contributed by atoms with Crippen molar-refractivity contribution in [2.45, 2.75) is 227 Å². The summed E-state index contributed by atoms with van der Waals surface area (Å²) in [5, 5.41) is 138. The summed E-state index contributed by atoms with van der Waals surface area (Å²) in [6.45, 7) is 8.54. The Bertz CT molecular complexity index is 1940. The smallest absolute Gasteiger partial charge is 0.187 e. The van der Waals surface area contributed by atoms with Gasteiger partial charge in [-0.05, 0) is 94.3 Å². The molecule has 22 heteroatoms. The number of hydrogen-bond acceptors (Lipinski definition) is 22. The molecule has 9 rings (SSSR count). The summed E-state index contributed by atoms with van der Waals surface area (Å²) in [6.07, 6.45) is -20.0. The van der Waals surface area contributed by atoms with Crippen molar-refractivity contribution in [1.82, 2.24) is 0 Å². The van der Waals surface area contributed by atoms with E-state index in [9.17, 15) is 66.4 Å². The molecule has 5 aliphatic heterocycles. The van der Waals surface area contributed by atoms with Crippen molar-refractivity contribution in [2.75, 3.05) is 26.4 Å². The number of rotatable bonds is 14. The van der Waals surface area contributed by atoms with E-state index in [2.05, 4.69) is 19.9 Å². The molecule has 0 radical (unpaired) electrons. The summed E-state index contributed by atoms with van der Waals surface area (Å²) in [7, 11) is 0. The molecule has 0 aromatic rings. The Labute approximate surface area is 419 Å². The summed E-state index contributed by atoms with van der Waals surface area (Å²) < 4.78 is 54.2. The van der Waals surface area contributed by atoms with Gasteiger partial charge in [0.2, 0.25) is 0 Å². The Hall–Kier alpha value is -1.56. The summed E-state index contributed by atoms with van der Waals surface area (Å²) in [5.41, 5.74) is 0.323. The van der Waals surface area contributed by atoms with E-state index in [4.69, 9.17) is 42.6 Å². The normalized spacial score (nSPS) is 52.9. The zero-order valence-corrected chi connectivity index (χ0v) is 41.7. The topological polar surface area (TPSA) is 346 Å². The molecule has 22 nitrogen and oxygen atoms in total. The molecule has 0 amide bonds. The van der Waals surface area contributed by atoms with Gasteiger partial charge in [0.15, 0.2) is 25.2 Å². The third kappa shape index (κ3) is 9.46. The van der Waals surface area contributed by atoms with Gasteiger partial charge in [0.1, 0.15) is 97.2 Å². The van der Waals surface area contributed by atoms with E-state index in [1.807, 2.05) is 13.8 Å². The molecule has 7 fully saturated rings. The molecule has 4 aliphatic carbocycles. The molecule has 13 N–H and O–H groups in total. The summed E-state index contributed by atoms with van der Waals surface area (Å²) >= 11 is 0. The van der Waals surface area contributed by atoms with Crippen LogP contribution in [0.5, 0.6) is 0 Å². The van der Waals surface area contributed by atoms with Crippen LogP contribution >= 0.6 is 0 Å². The highest BCUT2D eigenvalue weighted by Crippen LogP contribution is 2.70. The molecule has 28 atom stereocenters. The van der Waals surface area contributed by atoms with Gasteiger partial charge >= 0.3 is 0 Å². The molecule has 0 aromatic heterocycles. The Morgan fingerprint density at radius 1 is 0.708 bits per heavy atom. The fraction of sp³-hybridized carbons (Fsp3) is 0.920. The van der Waals surface area contributed by atoms with Gasteiger partial charge in [0, 0.05) is 17.4 Å². The first kappa shape index (κ1) is 55.2. The lowest BCUT2D eigenvalue weighted by Gasteiger charge is -2.59. The first-order chi connectivity index (χ1) is 34.1. The van der Waals surface area contributed by atoms with E-state index in [-0.39, 0.29) is 29.8 Å². The van der Waals surface area contributed by atoms with Gasteiger partial charge in [0.25, 0.3) is 0 Å². The van der Waals surface area contributed by atoms with Gasteiger partial charge in [-0.1, -0.05) is 32.4 Å². The molecule has 3 saturated carbocycles. The molecule has 9 aliphatic rings. The number of ether oxygens (including phenoxy) is 9. The third-order valence-corrected chi connectivity index (χ3v) is 18.8. The maximum atomic E-state index is 12.8. The number of hydrogen-bond donors (Lipinski definition) is 13. The van der Waals surface area contributed by atoms with Gasteiger partial charge in [-0.25, -0.2) is 0 Å². The highest BCUT2D eigenvalue weighted by Gasteiger charge is 2.71. The van der Waals surface area contributed by atoms with E-state index in [1.165, 1.54) is 12.5 Å². The fourth-order valence-electron chi connectivity index (χ4n) is 14.2. The van der Waals surface area contributed by atoms with Crippen LogP contribution in [0.15, 0.2) is 23.0 Å². The standard InChI is InChI=1S/C50H80O22/c1-20(18-64-44-39(60)37(58)35(56)30(16-51)69-44)6-9-29-21(2)50(63)32(68-29)15-27-25-8-7-23-14-24(10-12-48(23,4)26(25)11-13-49(27,50)5)67-47-43(72-46-40(61)36(57)33(54)22(3)66-46)41(62)42(31(17-52)70-47)71-45-38(59)34(55)28(53)19-65-45/h7,20,22,24-28,30-47,51-63H,6,8-19H2,1-5H3/t20-,22+,24+,25-,26+,27+,28+,30-,31-,32+,33+,34+,35-,36-,37+,38-,39-,40-,41+,42-,43-,44-,45+,46+,47-,48+,49+,50-/m1/s1. The molecule has 72 heavy (non-hydrogen) atoms. The second-order valence-corrected chi connectivity index (χ2v) is 22.9. The van der Waals surface area contributed by atoms with E-state index in [1.54, 1.807) is 0 Å². The average molecular weight is 1030 g/mol. The molecule has 0 spiro atoms. The first-order valence-electron chi connectivity index (χ1n) is 26.0.